The first kappa shape index (κ1) is 26.7. The Morgan fingerprint density at radius 1 is 1.11 bits per heavy atom. The first-order valence-electron chi connectivity index (χ1n) is 12.0. The van der Waals surface area contributed by atoms with E-state index in [1.165, 1.54) is 0 Å². The molecule has 4 rings (SSSR count). The lowest BCUT2D eigenvalue weighted by Gasteiger charge is -2.18. The Labute approximate surface area is 219 Å². The van der Waals surface area contributed by atoms with Gasteiger partial charge in [0.1, 0.15) is 38.7 Å². The third-order valence-corrected chi connectivity index (χ3v) is 7.44. The molecule has 10 heteroatoms. The van der Waals surface area contributed by atoms with Crippen LogP contribution in [0.15, 0.2) is 34.7 Å². The van der Waals surface area contributed by atoms with Crippen molar-refractivity contribution in [2.75, 3.05) is 7.11 Å². The van der Waals surface area contributed by atoms with Gasteiger partial charge in [-0.2, -0.15) is 0 Å². The van der Waals surface area contributed by atoms with Crippen LogP contribution in [-0.2, 0) is 30.2 Å². The number of pyridine rings is 1. The number of methoxy groups -OCH3 is 1. The second-order valence-electron chi connectivity index (χ2n) is 10.2. The van der Waals surface area contributed by atoms with Crippen molar-refractivity contribution in [1.29, 1.82) is 0 Å². The van der Waals surface area contributed by atoms with E-state index in [9.17, 15) is 9.35 Å². The highest BCUT2D eigenvalue weighted by atomic mass is 32.2. The van der Waals surface area contributed by atoms with Crippen LogP contribution in [0.5, 0.6) is 5.75 Å². The second kappa shape index (κ2) is 9.83. The average Bonchev–Trinajstić information content (AvgIpc) is 3.33. The zero-order valence-corrected chi connectivity index (χ0v) is 23.6. The molecule has 0 radical (unpaired) electrons. The van der Waals surface area contributed by atoms with Gasteiger partial charge in [0.2, 0.25) is 0 Å². The van der Waals surface area contributed by atoms with E-state index in [0.29, 0.717) is 34.1 Å². The molecule has 0 N–H and O–H groups in total. The molecule has 0 saturated heterocycles. The molecule has 1 aromatic carbocycles. The minimum atomic E-state index is -1.37. The number of hydrogen-bond acceptors (Lipinski definition) is 7. The molecule has 3 aromatic heterocycles. The molecule has 0 spiro atoms. The molecule has 0 aliphatic rings. The van der Waals surface area contributed by atoms with Gasteiger partial charge in [0.25, 0.3) is 0 Å². The number of nitrogens with zero attached hydrogens (tertiary/aromatic N) is 5. The Morgan fingerprint density at radius 3 is 2.43 bits per heavy atom. The van der Waals surface area contributed by atoms with E-state index in [4.69, 9.17) is 19.4 Å². The van der Waals surface area contributed by atoms with E-state index in [1.54, 1.807) is 19.2 Å². The van der Waals surface area contributed by atoms with Gasteiger partial charge in [-0.25, -0.2) is 14.8 Å². The molecular weight excluding hydrogens is 490 g/mol. The van der Waals surface area contributed by atoms with Crippen LogP contribution >= 0.6 is 0 Å². The largest absolute Gasteiger partial charge is 0.591 e. The summed E-state index contributed by atoms with van der Waals surface area (Å²) in [7, 11) is 5.41. The van der Waals surface area contributed by atoms with Gasteiger partial charge in [-0.1, -0.05) is 4.40 Å². The van der Waals surface area contributed by atoms with Crippen LogP contribution in [0.3, 0.4) is 0 Å². The number of hydrogen-bond donors (Lipinski definition) is 0. The Morgan fingerprint density at radius 2 is 1.81 bits per heavy atom. The van der Waals surface area contributed by atoms with E-state index in [0.717, 1.165) is 22.2 Å². The zero-order chi connectivity index (χ0) is 27.2. The fourth-order valence-corrected chi connectivity index (χ4v) is 4.63. The SMILES string of the molecule is COc1cc(C(=O)OC(C)C)cc2nc(-c3cc4ccc(/C(C)=N/[S+]([O-])C(C)(C)C)nc4n3C)n(C)c12. The molecule has 0 fully saturated rings. The lowest BCUT2D eigenvalue weighted by Crippen LogP contribution is -2.26. The van der Waals surface area contributed by atoms with Crippen molar-refractivity contribution >= 4 is 45.1 Å². The van der Waals surface area contributed by atoms with E-state index in [-0.39, 0.29) is 6.10 Å². The fraction of sp³-hybridized carbons (Fsp3) is 0.407. The van der Waals surface area contributed by atoms with Gasteiger partial charge in [0.05, 0.1) is 35.7 Å². The van der Waals surface area contributed by atoms with Crippen LogP contribution in [-0.4, -0.2) is 53.3 Å². The third-order valence-electron chi connectivity index (χ3n) is 5.95. The summed E-state index contributed by atoms with van der Waals surface area (Å²) in [5.41, 5.74) is 4.66. The van der Waals surface area contributed by atoms with E-state index >= 15 is 0 Å². The Kier molecular flexibility index (Phi) is 7.09. The van der Waals surface area contributed by atoms with E-state index in [1.807, 2.05) is 83.0 Å². The molecule has 37 heavy (non-hydrogen) atoms. The second-order valence-corrected chi connectivity index (χ2v) is 12.1. The number of fused-ring (bicyclic) bond motifs is 2. The number of aromatic nitrogens is 4. The normalized spacial score (nSPS) is 13.5. The van der Waals surface area contributed by atoms with Gasteiger partial charge in [-0.15, -0.1) is 0 Å². The van der Waals surface area contributed by atoms with Gasteiger partial charge in [-0.05, 0) is 71.9 Å². The summed E-state index contributed by atoms with van der Waals surface area (Å²) in [5, 5.41) is 0.936. The number of imidazole rings is 1. The minimum absolute atomic E-state index is 0.233. The summed E-state index contributed by atoms with van der Waals surface area (Å²) >= 11 is -1.37. The highest BCUT2D eigenvalue weighted by molar-refractivity contribution is 7.91. The molecule has 1 unspecified atom stereocenters. The van der Waals surface area contributed by atoms with Crippen LogP contribution in [0.2, 0.25) is 0 Å². The van der Waals surface area contributed by atoms with Crippen molar-refractivity contribution in [2.24, 2.45) is 18.5 Å². The summed E-state index contributed by atoms with van der Waals surface area (Å²) < 4.78 is 31.3. The molecular formula is C27H33N5O4S. The van der Waals surface area contributed by atoms with Crippen molar-refractivity contribution < 1.29 is 18.8 Å². The molecule has 0 aliphatic carbocycles. The van der Waals surface area contributed by atoms with E-state index in [2.05, 4.69) is 4.40 Å². The van der Waals surface area contributed by atoms with Crippen molar-refractivity contribution in [3.63, 3.8) is 0 Å². The van der Waals surface area contributed by atoms with Crippen LogP contribution < -0.4 is 4.74 Å². The third kappa shape index (κ3) is 5.08. The number of carbonyl (C=O) groups is 1. The molecule has 0 bridgehead atoms. The van der Waals surface area contributed by atoms with Gasteiger partial charge < -0.3 is 23.2 Å². The summed E-state index contributed by atoms with van der Waals surface area (Å²) in [5.74, 6) is 0.810. The van der Waals surface area contributed by atoms with E-state index < -0.39 is 22.1 Å². The molecule has 9 nitrogen and oxygen atoms in total. The lowest BCUT2D eigenvalue weighted by molar-refractivity contribution is 0.0377. The van der Waals surface area contributed by atoms with Crippen LogP contribution in [0.25, 0.3) is 33.6 Å². The summed E-state index contributed by atoms with van der Waals surface area (Å²) in [6.07, 6.45) is -0.233. The highest BCUT2D eigenvalue weighted by Crippen LogP contribution is 2.33. The monoisotopic (exact) mass is 523 g/mol. The lowest BCUT2D eigenvalue weighted by atomic mass is 10.2. The Bertz CT molecular complexity index is 1530. The predicted octanol–water partition coefficient (Wildman–Crippen LogP) is 4.97. The first-order valence-corrected chi connectivity index (χ1v) is 13.1. The summed E-state index contributed by atoms with van der Waals surface area (Å²) in [6, 6.07) is 9.28. The number of rotatable bonds is 6. The smallest absolute Gasteiger partial charge is 0.338 e. The number of esters is 1. The molecule has 1 atom stereocenters. The summed E-state index contributed by atoms with van der Waals surface area (Å²) in [4.78, 5) is 22.2. The van der Waals surface area contributed by atoms with Gasteiger partial charge >= 0.3 is 5.97 Å². The van der Waals surface area contributed by atoms with Crippen molar-refractivity contribution in [2.45, 2.75) is 52.4 Å². The Hall–Kier alpha value is -3.37. The Balaban J connectivity index is 1.81. The van der Waals surface area contributed by atoms with Crippen molar-refractivity contribution in [1.82, 2.24) is 19.1 Å². The van der Waals surface area contributed by atoms with Crippen LogP contribution in [0, 0.1) is 0 Å². The van der Waals surface area contributed by atoms with Crippen LogP contribution in [0.4, 0.5) is 0 Å². The number of carbonyl (C=O) groups excluding carboxylic acids is 1. The molecule has 4 aromatic rings. The zero-order valence-electron chi connectivity index (χ0n) is 22.7. The number of ether oxygens (including phenoxy) is 2. The molecule has 0 aliphatic heterocycles. The standard InChI is InChI=1S/C27H33N5O4S/c1-15(2)36-26(33)18-12-20-23(22(14-18)35-9)32(8)25(29-20)21-13-17-10-11-19(28-24(17)31(21)7)16(3)30-37(34)27(4,5)6/h10-15H,1-9H3/b30-16+. The fourth-order valence-electron chi connectivity index (χ4n) is 4.02. The predicted molar refractivity (Wildman–Crippen MR) is 148 cm³/mol. The maximum Gasteiger partial charge on any atom is 0.338 e. The maximum absolute atomic E-state index is 12.6. The molecule has 0 amide bonds. The number of benzene rings is 1. The van der Waals surface area contributed by atoms with Crippen LogP contribution in [0.1, 0.15) is 57.6 Å². The summed E-state index contributed by atoms with van der Waals surface area (Å²) in [6.45, 7) is 11.1. The number of aryl methyl sites for hydroxylation is 2. The average molecular weight is 524 g/mol. The first-order chi connectivity index (χ1) is 17.3. The quantitative estimate of drug-likeness (QED) is 0.201. The van der Waals surface area contributed by atoms with Crippen molar-refractivity contribution in [3.8, 4) is 17.3 Å². The molecule has 196 valence electrons. The minimum Gasteiger partial charge on any atom is -0.591 e. The highest BCUT2D eigenvalue weighted by Gasteiger charge is 2.27. The van der Waals surface area contributed by atoms with Gasteiger partial charge in [-0.3, -0.25) is 0 Å². The molecule has 3 heterocycles. The van der Waals surface area contributed by atoms with Crippen molar-refractivity contribution in [3.05, 3.63) is 41.6 Å². The van der Waals surface area contributed by atoms with Gasteiger partial charge in [0.15, 0.2) is 5.82 Å². The molecule has 0 saturated carbocycles. The van der Waals surface area contributed by atoms with Gasteiger partial charge in [0, 0.05) is 19.5 Å². The maximum atomic E-state index is 12.6. The topological polar surface area (TPSA) is 107 Å².